The Morgan fingerprint density at radius 3 is 2.14 bits per heavy atom. The monoisotopic (exact) mass is 503 g/mol. The number of likely N-dealkylation sites (N-methyl/N-ethyl adjacent to an activating group) is 1. The first kappa shape index (κ1) is 24.6. The fourth-order valence-electron chi connectivity index (χ4n) is 5.44. The van der Waals surface area contributed by atoms with Crippen LogP contribution in [0.15, 0.2) is 66.7 Å². The number of anilines is 1. The van der Waals surface area contributed by atoms with Crippen LogP contribution in [0.25, 0.3) is 0 Å². The summed E-state index contributed by atoms with van der Waals surface area (Å²) in [4.78, 5) is 33.3. The Hall–Kier alpha value is -4.07. The number of carbonyl (C=O) groups is 2. The number of rotatable bonds is 5. The lowest BCUT2D eigenvalue weighted by atomic mass is 9.78. The molecule has 1 saturated heterocycles. The number of fused-ring (bicyclic) bond motifs is 1. The van der Waals surface area contributed by atoms with E-state index < -0.39 is 17.8 Å². The Bertz CT molecular complexity index is 1310. The van der Waals surface area contributed by atoms with Crippen LogP contribution >= 0.6 is 0 Å². The van der Waals surface area contributed by atoms with Crippen molar-refractivity contribution in [3.63, 3.8) is 0 Å². The van der Waals surface area contributed by atoms with E-state index in [0.29, 0.717) is 54.4 Å². The van der Waals surface area contributed by atoms with E-state index in [2.05, 4.69) is 17.0 Å². The summed E-state index contributed by atoms with van der Waals surface area (Å²) < 4.78 is 26.1. The molecule has 192 valence electrons. The summed E-state index contributed by atoms with van der Waals surface area (Å²) in [7, 11) is 4.62. The first-order chi connectivity index (χ1) is 17.9. The summed E-state index contributed by atoms with van der Waals surface area (Å²) in [5.74, 6) is -0.899. The average molecular weight is 504 g/mol. The molecule has 2 heterocycles. The zero-order valence-corrected chi connectivity index (χ0v) is 21.2. The third kappa shape index (κ3) is 4.37. The summed E-state index contributed by atoms with van der Waals surface area (Å²) in [5, 5.41) is 0. The minimum Gasteiger partial charge on any atom is -0.493 e. The van der Waals surface area contributed by atoms with Crippen LogP contribution in [-0.2, 0) is 4.79 Å². The Balaban J connectivity index is 1.55. The summed E-state index contributed by atoms with van der Waals surface area (Å²) >= 11 is 0. The van der Waals surface area contributed by atoms with Gasteiger partial charge >= 0.3 is 0 Å². The lowest BCUT2D eigenvalue weighted by Gasteiger charge is -2.43. The molecule has 0 spiro atoms. The molecule has 3 aromatic carbocycles. The quantitative estimate of drug-likeness (QED) is 0.525. The van der Waals surface area contributed by atoms with E-state index in [4.69, 9.17) is 9.47 Å². The second-order valence-corrected chi connectivity index (χ2v) is 9.30. The molecule has 37 heavy (non-hydrogen) atoms. The highest BCUT2D eigenvalue weighted by Gasteiger charge is 2.46. The SMILES string of the molecule is COc1cc2c(cc1OC)[C@H](C(=O)N1CCN(c3ccccc3)CC1)[C@@H](c1ccccc1F)N(C)C2=O. The van der Waals surface area contributed by atoms with Gasteiger partial charge in [0.05, 0.1) is 26.2 Å². The molecule has 7 nitrogen and oxygen atoms in total. The van der Waals surface area contributed by atoms with E-state index >= 15 is 4.39 Å². The highest BCUT2D eigenvalue weighted by atomic mass is 19.1. The minimum absolute atomic E-state index is 0.145. The van der Waals surface area contributed by atoms with E-state index in [1.807, 2.05) is 23.1 Å². The molecule has 2 atom stereocenters. The molecule has 2 aliphatic heterocycles. The van der Waals surface area contributed by atoms with E-state index in [1.165, 1.54) is 25.2 Å². The molecule has 0 unspecified atom stereocenters. The highest BCUT2D eigenvalue weighted by Crippen LogP contribution is 2.46. The van der Waals surface area contributed by atoms with Crippen LogP contribution in [0.5, 0.6) is 11.5 Å². The minimum atomic E-state index is -0.808. The average Bonchev–Trinajstić information content (AvgIpc) is 2.95. The molecule has 2 amide bonds. The van der Waals surface area contributed by atoms with Gasteiger partial charge in [-0.25, -0.2) is 4.39 Å². The molecule has 3 aromatic rings. The first-order valence-electron chi connectivity index (χ1n) is 12.3. The number of ether oxygens (including phenoxy) is 2. The van der Waals surface area contributed by atoms with Crippen molar-refractivity contribution in [2.24, 2.45) is 0 Å². The van der Waals surface area contributed by atoms with Gasteiger partial charge in [0.15, 0.2) is 11.5 Å². The first-order valence-corrected chi connectivity index (χ1v) is 12.3. The molecule has 2 aliphatic rings. The van der Waals surface area contributed by atoms with Gasteiger partial charge in [-0.05, 0) is 35.9 Å². The van der Waals surface area contributed by atoms with Gasteiger partial charge in [-0.1, -0.05) is 36.4 Å². The molecule has 0 saturated carbocycles. The summed E-state index contributed by atoms with van der Waals surface area (Å²) in [5.41, 5.74) is 2.29. The van der Waals surface area contributed by atoms with Crippen molar-refractivity contribution >= 4 is 17.5 Å². The van der Waals surface area contributed by atoms with Crippen LogP contribution in [-0.4, -0.2) is 69.1 Å². The van der Waals surface area contributed by atoms with E-state index in [0.717, 1.165) is 5.69 Å². The number of halogens is 1. The molecule has 0 radical (unpaired) electrons. The van der Waals surface area contributed by atoms with Gasteiger partial charge in [-0.15, -0.1) is 0 Å². The predicted octanol–water partition coefficient (Wildman–Crippen LogP) is 4.10. The van der Waals surface area contributed by atoms with Crippen molar-refractivity contribution in [2.45, 2.75) is 12.0 Å². The summed E-state index contributed by atoms with van der Waals surface area (Å²) in [6, 6.07) is 18.9. The standard InChI is InChI=1S/C29H30FN3O4/c1-31-27(20-11-7-8-12-23(20)30)26(21-17-24(36-2)25(37-3)18-22(21)28(31)34)29(35)33-15-13-32(14-16-33)19-9-5-4-6-10-19/h4-12,17-18,26-27H,13-16H2,1-3H3/t26-,27+/m0/s1. The van der Waals surface area contributed by atoms with Gasteiger partial charge in [0.25, 0.3) is 5.91 Å². The number of carbonyl (C=O) groups excluding carboxylic acids is 2. The number of para-hydroxylation sites is 1. The number of piperazine rings is 1. The van der Waals surface area contributed by atoms with Crippen LogP contribution in [0.3, 0.4) is 0 Å². The van der Waals surface area contributed by atoms with Gasteiger partial charge < -0.3 is 24.2 Å². The Kier molecular flexibility index (Phi) is 6.74. The van der Waals surface area contributed by atoms with Crippen LogP contribution in [0.2, 0.25) is 0 Å². The van der Waals surface area contributed by atoms with E-state index in [9.17, 15) is 9.59 Å². The molecule has 5 rings (SSSR count). The highest BCUT2D eigenvalue weighted by molar-refractivity contribution is 6.02. The number of hydrogen-bond donors (Lipinski definition) is 0. The lowest BCUT2D eigenvalue weighted by Crippen LogP contribution is -2.53. The van der Waals surface area contributed by atoms with Gasteiger partial charge in [0.2, 0.25) is 5.91 Å². The van der Waals surface area contributed by atoms with Crippen LogP contribution < -0.4 is 14.4 Å². The zero-order chi connectivity index (χ0) is 26.1. The fraction of sp³-hybridized carbons (Fsp3) is 0.310. The molecule has 8 heteroatoms. The number of amides is 2. The van der Waals surface area contributed by atoms with Gasteiger partial charge in [-0.3, -0.25) is 9.59 Å². The maximum absolute atomic E-state index is 15.1. The van der Waals surface area contributed by atoms with Gasteiger partial charge in [-0.2, -0.15) is 0 Å². The van der Waals surface area contributed by atoms with Gasteiger partial charge in [0, 0.05) is 50.0 Å². The topological polar surface area (TPSA) is 62.3 Å². The fourth-order valence-corrected chi connectivity index (χ4v) is 5.44. The summed E-state index contributed by atoms with van der Waals surface area (Å²) in [6.45, 7) is 2.41. The van der Waals surface area contributed by atoms with Crippen molar-refractivity contribution in [1.29, 1.82) is 0 Å². The van der Waals surface area contributed by atoms with Crippen molar-refractivity contribution in [3.8, 4) is 11.5 Å². The van der Waals surface area contributed by atoms with Gasteiger partial charge in [0.1, 0.15) is 5.82 Å². The van der Waals surface area contributed by atoms with Crippen LogP contribution in [0.1, 0.15) is 33.4 Å². The Morgan fingerprint density at radius 2 is 1.49 bits per heavy atom. The van der Waals surface area contributed by atoms with Crippen molar-refractivity contribution in [1.82, 2.24) is 9.80 Å². The maximum atomic E-state index is 15.1. The smallest absolute Gasteiger partial charge is 0.254 e. The number of methoxy groups -OCH3 is 2. The molecule has 0 N–H and O–H groups in total. The molecular weight excluding hydrogens is 473 g/mol. The zero-order valence-electron chi connectivity index (χ0n) is 21.2. The largest absolute Gasteiger partial charge is 0.493 e. The summed E-state index contributed by atoms with van der Waals surface area (Å²) in [6.07, 6.45) is 0. The van der Waals surface area contributed by atoms with Crippen molar-refractivity contribution < 1.29 is 23.5 Å². The Morgan fingerprint density at radius 1 is 0.865 bits per heavy atom. The normalized spacial score (nSPS) is 19.5. The van der Waals surface area contributed by atoms with E-state index in [-0.39, 0.29) is 11.8 Å². The lowest BCUT2D eigenvalue weighted by molar-refractivity contribution is -0.134. The molecular formula is C29H30FN3O4. The number of benzene rings is 3. The van der Waals surface area contributed by atoms with Crippen molar-refractivity contribution in [3.05, 3.63) is 89.2 Å². The predicted molar refractivity (Wildman–Crippen MR) is 139 cm³/mol. The second-order valence-electron chi connectivity index (χ2n) is 9.30. The number of nitrogens with zero attached hydrogens (tertiary/aromatic N) is 3. The third-order valence-electron chi connectivity index (χ3n) is 7.38. The second kappa shape index (κ2) is 10.1. The van der Waals surface area contributed by atoms with E-state index in [1.54, 1.807) is 37.4 Å². The Labute approximate surface area is 216 Å². The van der Waals surface area contributed by atoms with Crippen LogP contribution in [0, 0.1) is 5.82 Å². The molecule has 0 aliphatic carbocycles. The van der Waals surface area contributed by atoms with Crippen molar-refractivity contribution in [2.75, 3.05) is 52.3 Å². The molecule has 1 fully saturated rings. The van der Waals surface area contributed by atoms with Crippen LogP contribution in [0.4, 0.5) is 10.1 Å². The maximum Gasteiger partial charge on any atom is 0.254 e. The third-order valence-corrected chi connectivity index (χ3v) is 7.38. The molecule has 0 bridgehead atoms. The number of hydrogen-bond acceptors (Lipinski definition) is 5. The molecule has 0 aromatic heterocycles.